The summed E-state index contributed by atoms with van der Waals surface area (Å²) in [6.45, 7) is 1.72. The van der Waals surface area contributed by atoms with Crippen LogP contribution in [0, 0.1) is 11.6 Å². The molecule has 4 N–H and O–H groups in total. The average molecular weight is 612 g/mol. The lowest BCUT2D eigenvalue weighted by Gasteiger charge is -2.19. The molecule has 222 valence electrons. The van der Waals surface area contributed by atoms with E-state index in [2.05, 4.69) is 25.7 Å². The molecular weight excluding hydrogens is 580 g/mol. The van der Waals surface area contributed by atoms with Crippen molar-refractivity contribution in [2.45, 2.75) is 38.8 Å². The largest absolute Gasteiger partial charge is 0.447 e. The Morgan fingerprint density at radius 1 is 1.12 bits per heavy atom. The Hall–Kier alpha value is -3.39. The van der Waals surface area contributed by atoms with E-state index in [0.717, 1.165) is 0 Å². The predicted octanol–water partition coefficient (Wildman–Crippen LogP) is 4.10. The third-order valence-corrected chi connectivity index (χ3v) is 7.86. The average Bonchev–Trinajstić information content (AvgIpc) is 2.91. The Kier molecular flexibility index (Phi) is 12.2. The summed E-state index contributed by atoms with van der Waals surface area (Å²) in [6, 6.07) is 9.42. The number of fused-ring (bicyclic) bond motifs is 1. The van der Waals surface area contributed by atoms with Crippen LogP contribution in [-0.4, -0.2) is 56.9 Å². The molecule has 0 radical (unpaired) electrons. The fourth-order valence-electron chi connectivity index (χ4n) is 3.89. The zero-order valence-corrected chi connectivity index (χ0v) is 24.0. The molecule has 1 atom stereocenters. The zero-order chi connectivity index (χ0) is 29.8. The number of nitrogens with one attached hydrogen (secondary N) is 4. The van der Waals surface area contributed by atoms with Crippen LogP contribution < -0.4 is 20.7 Å². The van der Waals surface area contributed by atoms with Gasteiger partial charge >= 0.3 is 6.09 Å². The smallest absolute Gasteiger partial charge is 0.412 e. The molecule has 0 aliphatic carbocycles. The van der Waals surface area contributed by atoms with E-state index in [4.69, 9.17) is 16.3 Å². The topological polar surface area (TPSA) is 139 Å². The van der Waals surface area contributed by atoms with E-state index in [1.165, 1.54) is 36.5 Å². The number of hydrogen-bond acceptors (Lipinski definition) is 7. The summed E-state index contributed by atoms with van der Waals surface area (Å²) in [5.74, 6) is -1.25. The molecule has 3 rings (SSSR count). The summed E-state index contributed by atoms with van der Waals surface area (Å²) >= 11 is 5.94. The second-order valence-corrected chi connectivity index (χ2v) is 11.5. The monoisotopic (exact) mass is 611 g/mol. The van der Waals surface area contributed by atoms with Crippen LogP contribution in [0.2, 0.25) is 5.02 Å². The first kappa shape index (κ1) is 32.1. The summed E-state index contributed by atoms with van der Waals surface area (Å²) in [5, 5.41) is 9.30. The van der Waals surface area contributed by atoms with Gasteiger partial charge in [0.2, 0.25) is 15.9 Å². The van der Waals surface area contributed by atoms with E-state index in [9.17, 15) is 26.8 Å². The summed E-state index contributed by atoms with van der Waals surface area (Å²) < 4.78 is 58.7. The summed E-state index contributed by atoms with van der Waals surface area (Å²) in [5.41, 5.74) is 0.487. The maximum absolute atomic E-state index is 13.6. The van der Waals surface area contributed by atoms with Crippen LogP contribution in [0.25, 0.3) is 10.8 Å². The van der Waals surface area contributed by atoms with Gasteiger partial charge in [-0.1, -0.05) is 30.7 Å². The lowest BCUT2D eigenvalue weighted by molar-refractivity contribution is -0.121. The van der Waals surface area contributed by atoms with Crippen molar-refractivity contribution in [3.63, 3.8) is 0 Å². The molecule has 1 aromatic heterocycles. The molecule has 2 aromatic carbocycles. The minimum absolute atomic E-state index is 0.00684. The quantitative estimate of drug-likeness (QED) is 0.190. The van der Waals surface area contributed by atoms with Crippen LogP contribution in [0.5, 0.6) is 0 Å². The van der Waals surface area contributed by atoms with Gasteiger partial charge in [-0.25, -0.2) is 31.7 Å². The van der Waals surface area contributed by atoms with Gasteiger partial charge in [-0.05, 0) is 60.5 Å². The lowest BCUT2D eigenvalue weighted by Crippen LogP contribution is -2.43. The van der Waals surface area contributed by atoms with E-state index in [1.807, 2.05) is 0 Å². The number of hydrogen-bond donors (Lipinski definition) is 4. The molecular formula is C27H32ClF2N5O5S. The van der Waals surface area contributed by atoms with Crippen LogP contribution in [0.1, 0.15) is 31.7 Å². The highest BCUT2D eigenvalue weighted by atomic mass is 35.5. The molecule has 0 unspecified atom stereocenters. The van der Waals surface area contributed by atoms with Crippen molar-refractivity contribution < 1.29 is 31.5 Å². The molecule has 41 heavy (non-hydrogen) atoms. The molecule has 0 saturated carbocycles. The number of pyridine rings is 1. The van der Waals surface area contributed by atoms with Gasteiger partial charge in [0.25, 0.3) is 0 Å². The molecule has 0 spiro atoms. The Balaban J connectivity index is 1.54. The number of ether oxygens (including phenoxy) is 1. The van der Waals surface area contributed by atoms with Gasteiger partial charge in [-0.3, -0.25) is 10.1 Å². The zero-order valence-electron chi connectivity index (χ0n) is 22.4. The first-order valence-corrected chi connectivity index (χ1v) is 15.0. The number of carbonyl (C=O) groups excluding carboxylic acids is 2. The van der Waals surface area contributed by atoms with E-state index >= 15 is 0 Å². The first-order chi connectivity index (χ1) is 19.6. The number of sulfonamides is 1. The molecule has 0 bridgehead atoms. The van der Waals surface area contributed by atoms with Crippen molar-refractivity contribution in [2.24, 2.45) is 0 Å². The molecule has 10 nitrogen and oxygen atoms in total. The minimum atomic E-state index is -3.39. The standard InChI is InChI=1S/C27H32ClF2N5O5S/c1-2-11-41(38,39)33-10-4-6-22(34-25(36)16-31-14-19-5-3-7-23(30)26(19)28)17-40-27(37)35-24-13-20-12-21(29)9-8-18(20)15-32-24/h3,5,7-9,12-13,15,22,31,33H,2,4,6,10-11,14,16-17H2,1H3,(H,34,36)(H,32,35,37)/t22-/m0/s1. The third kappa shape index (κ3) is 10.8. The Bertz CT molecular complexity index is 1460. The van der Waals surface area contributed by atoms with Crippen LogP contribution in [0.3, 0.4) is 0 Å². The molecule has 3 aromatic rings. The number of halogens is 3. The first-order valence-electron chi connectivity index (χ1n) is 13.0. The summed E-state index contributed by atoms with van der Waals surface area (Å²) in [4.78, 5) is 29.1. The summed E-state index contributed by atoms with van der Waals surface area (Å²) in [6.07, 6.45) is 1.79. The molecule has 0 aliphatic heterocycles. The SMILES string of the molecule is CCCS(=O)(=O)NCCC[C@@H](COC(=O)Nc1cc2cc(F)ccc2cn1)NC(=O)CNCc1cccc(F)c1Cl. The fourth-order valence-corrected chi connectivity index (χ4v) is 5.22. The Labute approximate surface area is 242 Å². The molecule has 0 aliphatic rings. The highest BCUT2D eigenvalue weighted by molar-refractivity contribution is 7.89. The highest BCUT2D eigenvalue weighted by Crippen LogP contribution is 2.19. The van der Waals surface area contributed by atoms with E-state index < -0.39 is 39.7 Å². The normalized spacial score (nSPS) is 12.2. The van der Waals surface area contributed by atoms with Gasteiger partial charge in [0.15, 0.2) is 0 Å². The lowest BCUT2D eigenvalue weighted by atomic mass is 10.1. The van der Waals surface area contributed by atoms with Gasteiger partial charge in [0.05, 0.1) is 23.4 Å². The fraction of sp³-hybridized carbons (Fsp3) is 0.370. The number of aromatic nitrogens is 1. The maximum atomic E-state index is 13.6. The number of benzene rings is 2. The maximum Gasteiger partial charge on any atom is 0.412 e. The van der Waals surface area contributed by atoms with Crippen LogP contribution in [-0.2, 0) is 26.1 Å². The molecule has 1 heterocycles. The second-order valence-electron chi connectivity index (χ2n) is 9.22. The minimum Gasteiger partial charge on any atom is -0.447 e. The highest BCUT2D eigenvalue weighted by Gasteiger charge is 2.17. The predicted molar refractivity (Wildman–Crippen MR) is 153 cm³/mol. The number of amides is 2. The van der Waals surface area contributed by atoms with Gasteiger partial charge < -0.3 is 15.4 Å². The van der Waals surface area contributed by atoms with E-state index in [-0.39, 0.29) is 42.8 Å². The van der Waals surface area contributed by atoms with Crippen molar-refractivity contribution in [3.05, 3.63) is 70.9 Å². The van der Waals surface area contributed by atoms with E-state index in [0.29, 0.717) is 35.6 Å². The van der Waals surface area contributed by atoms with Crippen LogP contribution >= 0.6 is 11.6 Å². The van der Waals surface area contributed by atoms with Gasteiger partial charge in [-0.15, -0.1) is 0 Å². The van der Waals surface area contributed by atoms with Crippen molar-refractivity contribution >= 4 is 50.2 Å². The molecule has 0 fully saturated rings. The molecule has 2 amide bonds. The number of carbonyl (C=O) groups is 2. The number of rotatable bonds is 15. The summed E-state index contributed by atoms with van der Waals surface area (Å²) in [7, 11) is -3.39. The van der Waals surface area contributed by atoms with Gasteiger partial charge in [0.1, 0.15) is 24.1 Å². The van der Waals surface area contributed by atoms with Crippen LogP contribution in [0.15, 0.2) is 48.7 Å². The third-order valence-electron chi connectivity index (χ3n) is 5.85. The van der Waals surface area contributed by atoms with Crippen molar-refractivity contribution in [3.8, 4) is 0 Å². The van der Waals surface area contributed by atoms with E-state index in [1.54, 1.807) is 19.1 Å². The Morgan fingerprint density at radius 3 is 2.71 bits per heavy atom. The van der Waals surface area contributed by atoms with Crippen LogP contribution in [0.4, 0.5) is 19.4 Å². The molecule has 0 saturated heterocycles. The number of nitrogens with zero attached hydrogens (tertiary/aromatic N) is 1. The second kappa shape index (κ2) is 15.6. The Morgan fingerprint density at radius 2 is 1.93 bits per heavy atom. The van der Waals surface area contributed by atoms with Crippen molar-refractivity contribution in [1.82, 2.24) is 20.3 Å². The van der Waals surface area contributed by atoms with Crippen molar-refractivity contribution in [1.29, 1.82) is 0 Å². The van der Waals surface area contributed by atoms with Gasteiger partial charge in [0, 0.05) is 24.7 Å². The number of anilines is 1. The van der Waals surface area contributed by atoms with Crippen molar-refractivity contribution in [2.75, 3.05) is 30.8 Å². The van der Waals surface area contributed by atoms with Gasteiger partial charge in [-0.2, -0.15) is 0 Å². The molecule has 14 heteroatoms.